The summed E-state index contributed by atoms with van der Waals surface area (Å²) >= 11 is 0. The van der Waals surface area contributed by atoms with Gasteiger partial charge in [-0.1, -0.05) is 0 Å². The molecule has 0 radical (unpaired) electrons. The molecule has 1 N–H and O–H groups in total. The Balaban J connectivity index is 0.000000206. The van der Waals surface area contributed by atoms with Gasteiger partial charge in [-0.05, 0) is 84.9 Å². The first-order valence-electron chi connectivity index (χ1n) is 16.8. The van der Waals surface area contributed by atoms with Crippen molar-refractivity contribution in [3.05, 3.63) is 107 Å². The Morgan fingerprint density at radius 2 is 0.942 bits per heavy atom. The molecule has 0 amide bonds. The standard InChI is InChI=1S/C22H24O7.C18H16O5/c1-25-10-11-26-15-29-18-5-2-16(3-6-18)19(23)7-8-20(24)17-4-9-21-22(14-17)28-13-12-27-21;19-14-4-1-12(2-5-14)15(20)6-7-16(21)13-3-8-17-18(11-13)23-10-9-22-17/h2-6,9,14H,7-8,10-13,15H2,1H3;1-5,8,11,19H,6-7,9-10H2. The molecule has 0 aromatic heterocycles. The van der Waals surface area contributed by atoms with Crippen molar-refractivity contribution in [3.63, 3.8) is 0 Å². The lowest BCUT2D eigenvalue weighted by atomic mass is 10.0. The summed E-state index contributed by atoms with van der Waals surface area (Å²) < 4.78 is 37.3. The lowest BCUT2D eigenvalue weighted by Gasteiger charge is -2.18. The van der Waals surface area contributed by atoms with E-state index in [2.05, 4.69) is 0 Å². The summed E-state index contributed by atoms with van der Waals surface area (Å²) in [5.41, 5.74) is 2.04. The number of phenols is 1. The molecule has 0 unspecified atom stereocenters. The second-order valence-electron chi connectivity index (χ2n) is 11.6. The summed E-state index contributed by atoms with van der Waals surface area (Å²) in [6.45, 7) is 2.99. The van der Waals surface area contributed by atoms with Gasteiger partial charge in [0.25, 0.3) is 0 Å². The van der Waals surface area contributed by atoms with Crippen LogP contribution in [0.2, 0.25) is 0 Å². The van der Waals surface area contributed by atoms with Gasteiger partial charge in [0.05, 0.1) is 13.2 Å². The number of hydrogen-bond donors (Lipinski definition) is 1. The highest BCUT2D eigenvalue weighted by atomic mass is 16.7. The minimum absolute atomic E-state index is 0.0983. The molecule has 12 nitrogen and oxygen atoms in total. The number of aromatic hydroxyl groups is 1. The van der Waals surface area contributed by atoms with Crippen LogP contribution < -0.4 is 23.7 Å². The number of ketones is 4. The minimum Gasteiger partial charge on any atom is -0.508 e. The number of benzene rings is 4. The fraction of sp³-hybridized carbons (Fsp3) is 0.300. The van der Waals surface area contributed by atoms with Crippen LogP contribution in [0.5, 0.6) is 34.5 Å². The third-order valence-corrected chi connectivity index (χ3v) is 7.99. The van der Waals surface area contributed by atoms with Crippen molar-refractivity contribution in [1.82, 2.24) is 0 Å². The Bertz CT molecular complexity index is 1830. The number of Topliss-reactive ketones (excluding diaryl/α,β-unsaturated/α-hetero) is 4. The maximum absolute atomic E-state index is 12.4. The van der Waals surface area contributed by atoms with Crippen LogP contribution in [-0.2, 0) is 9.47 Å². The average Bonchev–Trinajstić information content (AvgIpc) is 3.19. The Hall–Kier alpha value is -5.72. The molecule has 12 heteroatoms. The van der Waals surface area contributed by atoms with Gasteiger partial charge in [0.2, 0.25) is 0 Å². The normalized spacial score (nSPS) is 12.6. The van der Waals surface area contributed by atoms with Gasteiger partial charge in [-0.3, -0.25) is 19.2 Å². The second-order valence-corrected chi connectivity index (χ2v) is 11.6. The summed E-state index contributed by atoms with van der Waals surface area (Å²) in [5, 5.41) is 9.21. The number of carbonyl (C=O) groups excluding carboxylic acids is 4. The summed E-state index contributed by atoms with van der Waals surface area (Å²) in [5.74, 6) is 2.65. The van der Waals surface area contributed by atoms with Crippen molar-refractivity contribution in [2.45, 2.75) is 25.7 Å². The number of fused-ring (bicyclic) bond motifs is 2. The van der Waals surface area contributed by atoms with Gasteiger partial charge in [0, 0.05) is 55.0 Å². The Morgan fingerprint density at radius 1 is 0.538 bits per heavy atom. The molecule has 0 saturated heterocycles. The molecule has 0 aliphatic carbocycles. The van der Waals surface area contributed by atoms with Gasteiger partial charge < -0.3 is 38.3 Å². The molecule has 52 heavy (non-hydrogen) atoms. The van der Waals surface area contributed by atoms with Gasteiger partial charge in [0.15, 0.2) is 52.9 Å². The second kappa shape index (κ2) is 19.0. The van der Waals surface area contributed by atoms with Gasteiger partial charge in [-0.25, -0.2) is 0 Å². The first-order valence-corrected chi connectivity index (χ1v) is 16.8. The molecule has 2 heterocycles. The van der Waals surface area contributed by atoms with Crippen molar-refractivity contribution < 1.29 is 57.4 Å². The van der Waals surface area contributed by atoms with Crippen molar-refractivity contribution >= 4 is 23.1 Å². The minimum atomic E-state index is -0.129. The lowest BCUT2D eigenvalue weighted by Crippen LogP contribution is -2.16. The van der Waals surface area contributed by atoms with E-state index in [9.17, 15) is 24.3 Å². The van der Waals surface area contributed by atoms with Crippen molar-refractivity contribution in [2.75, 3.05) is 53.5 Å². The first kappa shape index (κ1) is 37.5. The largest absolute Gasteiger partial charge is 0.508 e. The van der Waals surface area contributed by atoms with Crippen LogP contribution in [0, 0.1) is 0 Å². The number of phenolic OH excluding ortho intramolecular Hbond substituents is 1. The fourth-order valence-corrected chi connectivity index (χ4v) is 5.16. The van der Waals surface area contributed by atoms with Crippen LogP contribution >= 0.6 is 0 Å². The van der Waals surface area contributed by atoms with Crippen molar-refractivity contribution in [3.8, 4) is 34.5 Å². The zero-order chi connectivity index (χ0) is 36.7. The highest BCUT2D eigenvalue weighted by Gasteiger charge is 2.18. The van der Waals surface area contributed by atoms with E-state index in [4.69, 9.17) is 33.2 Å². The highest BCUT2D eigenvalue weighted by molar-refractivity contribution is 6.03. The van der Waals surface area contributed by atoms with Crippen molar-refractivity contribution in [1.29, 1.82) is 0 Å². The zero-order valence-electron chi connectivity index (χ0n) is 28.8. The summed E-state index contributed by atoms with van der Waals surface area (Å²) in [6.07, 6.45) is 0.509. The van der Waals surface area contributed by atoms with Crippen LogP contribution in [-0.4, -0.2) is 81.8 Å². The molecule has 4 aromatic carbocycles. The van der Waals surface area contributed by atoms with E-state index in [1.54, 1.807) is 79.9 Å². The van der Waals surface area contributed by atoms with E-state index >= 15 is 0 Å². The molecule has 272 valence electrons. The van der Waals surface area contributed by atoms with E-state index in [0.717, 1.165) is 0 Å². The molecule has 0 spiro atoms. The number of ether oxygens (including phenoxy) is 7. The van der Waals surface area contributed by atoms with Crippen LogP contribution in [0.4, 0.5) is 0 Å². The third kappa shape index (κ3) is 10.9. The summed E-state index contributed by atoms with van der Waals surface area (Å²) in [4.78, 5) is 49.1. The Kier molecular flexibility index (Phi) is 13.7. The number of rotatable bonds is 16. The lowest BCUT2D eigenvalue weighted by molar-refractivity contribution is -0.00847. The summed E-state index contributed by atoms with van der Waals surface area (Å²) in [7, 11) is 1.60. The monoisotopic (exact) mass is 712 g/mol. The number of carbonyl (C=O) groups is 4. The molecular weight excluding hydrogens is 672 g/mol. The Morgan fingerprint density at radius 3 is 1.40 bits per heavy atom. The predicted octanol–water partition coefficient (Wildman–Crippen LogP) is 6.31. The maximum atomic E-state index is 12.4. The van der Waals surface area contributed by atoms with Crippen LogP contribution in [0.25, 0.3) is 0 Å². The molecule has 4 aromatic rings. The van der Waals surface area contributed by atoms with Gasteiger partial charge in [-0.15, -0.1) is 0 Å². The van der Waals surface area contributed by atoms with Gasteiger partial charge in [0.1, 0.15) is 37.9 Å². The SMILES string of the molecule is COCCOCOc1ccc(C(=O)CCC(=O)c2ccc3c(c2)OCCO3)cc1.O=C(CCC(=O)c1ccc2c(c1)OCCO2)c1ccc(O)cc1. The van der Waals surface area contributed by atoms with E-state index in [1.165, 1.54) is 12.1 Å². The molecular formula is C40H40O12. The molecule has 2 aliphatic heterocycles. The number of methoxy groups -OCH3 is 1. The molecule has 0 bridgehead atoms. The third-order valence-electron chi connectivity index (χ3n) is 7.99. The van der Waals surface area contributed by atoms with E-state index in [0.29, 0.717) is 90.6 Å². The highest BCUT2D eigenvalue weighted by Crippen LogP contribution is 2.32. The van der Waals surface area contributed by atoms with Crippen molar-refractivity contribution in [2.24, 2.45) is 0 Å². The molecule has 0 fully saturated rings. The smallest absolute Gasteiger partial charge is 0.189 e. The molecule has 2 aliphatic rings. The van der Waals surface area contributed by atoms with Crippen LogP contribution in [0.3, 0.4) is 0 Å². The number of hydrogen-bond acceptors (Lipinski definition) is 12. The quantitative estimate of drug-likeness (QED) is 0.0787. The van der Waals surface area contributed by atoms with Crippen LogP contribution in [0.1, 0.15) is 67.1 Å². The molecule has 0 atom stereocenters. The van der Waals surface area contributed by atoms with E-state index < -0.39 is 0 Å². The molecule has 6 rings (SSSR count). The van der Waals surface area contributed by atoms with Crippen LogP contribution in [0.15, 0.2) is 84.9 Å². The van der Waals surface area contributed by atoms with E-state index in [1.807, 2.05) is 0 Å². The average molecular weight is 713 g/mol. The zero-order valence-corrected chi connectivity index (χ0v) is 28.8. The van der Waals surface area contributed by atoms with E-state index in [-0.39, 0.29) is 61.4 Å². The predicted molar refractivity (Wildman–Crippen MR) is 189 cm³/mol. The molecule has 0 saturated carbocycles. The first-order chi connectivity index (χ1) is 25.3. The van der Waals surface area contributed by atoms with Gasteiger partial charge in [-0.2, -0.15) is 0 Å². The Labute approximate surface area is 301 Å². The summed E-state index contributed by atoms with van der Waals surface area (Å²) in [6, 6.07) is 22.9. The topological polar surface area (TPSA) is 153 Å². The maximum Gasteiger partial charge on any atom is 0.189 e. The fourth-order valence-electron chi connectivity index (χ4n) is 5.16. The van der Waals surface area contributed by atoms with Gasteiger partial charge >= 0.3 is 0 Å².